The highest BCUT2D eigenvalue weighted by atomic mass is 35.5. The topological polar surface area (TPSA) is 55.7 Å². The second-order valence-electron chi connectivity index (χ2n) is 5.23. The maximum atomic E-state index is 5.92. The molecule has 0 saturated carbocycles. The van der Waals surface area contributed by atoms with E-state index in [0.717, 1.165) is 16.8 Å². The van der Waals surface area contributed by atoms with Crippen molar-refractivity contribution in [3.63, 3.8) is 0 Å². The van der Waals surface area contributed by atoms with Gasteiger partial charge in [-0.3, -0.25) is 5.43 Å². The lowest BCUT2D eigenvalue weighted by atomic mass is 10.2. The van der Waals surface area contributed by atoms with E-state index in [1.165, 1.54) is 11.3 Å². The van der Waals surface area contributed by atoms with Gasteiger partial charge >= 0.3 is 0 Å². The summed E-state index contributed by atoms with van der Waals surface area (Å²) < 4.78 is 11.0. The summed E-state index contributed by atoms with van der Waals surface area (Å²) in [6, 6.07) is 13.2. The Morgan fingerprint density at radius 2 is 2.04 bits per heavy atom. The van der Waals surface area contributed by atoms with E-state index >= 15 is 0 Å². The van der Waals surface area contributed by atoms with Gasteiger partial charge < -0.3 is 9.47 Å². The molecule has 0 spiro atoms. The molecule has 0 aliphatic carbocycles. The van der Waals surface area contributed by atoms with Crippen LogP contribution >= 0.6 is 22.9 Å². The third kappa shape index (κ3) is 4.33. The summed E-state index contributed by atoms with van der Waals surface area (Å²) in [7, 11) is 1.61. The Bertz CT molecular complexity index is 894. The Kier molecular flexibility index (Phi) is 6.09. The fourth-order valence-electron chi connectivity index (χ4n) is 2.36. The lowest BCUT2D eigenvalue weighted by Gasteiger charge is -2.10. The van der Waals surface area contributed by atoms with Gasteiger partial charge in [0.1, 0.15) is 0 Å². The fraction of sp³-hybridized carbons (Fsp3) is 0.158. The van der Waals surface area contributed by atoms with Crippen molar-refractivity contribution in [2.75, 3.05) is 19.1 Å². The molecule has 0 bridgehead atoms. The molecule has 1 aromatic heterocycles. The normalized spacial score (nSPS) is 10.9. The number of hydrogen-bond acceptors (Lipinski definition) is 6. The largest absolute Gasteiger partial charge is 0.492 e. The molecule has 26 heavy (non-hydrogen) atoms. The molecule has 0 fully saturated rings. The zero-order chi connectivity index (χ0) is 18.4. The van der Waals surface area contributed by atoms with Gasteiger partial charge in [0.05, 0.1) is 25.6 Å². The monoisotopic (exact) mass is 387 g/mol. The van der Waals surface area contributed by atoms with E-state index in [1.54, 1.807) is 13.3 Å². The van der Waals surface area contributed by atoms with Crippen LogP contribution in [0.2, 0.25) is 5.02 Å². The first kappa shape index (κ1) is 18.2. The van der Waals surface area contributed by atoms with Gasteiger partial charge in [-0.15, -0.1) is 11.3 Å². The fourth-order valence-corrected chi connectivity index (χ4v) is 3.15. The van der Waals surface area contributed by atoms with Gasteiger partial charge in [-0.2, -0.15) is 5.10 Å². The number of nitrogens with zero attached hydrogens (tertiary/aromatic N) is 2. The summed E-state index contributed by atoms with van der Waals surface area (Å²) in [6.45, 7) is 2.50. The first-order valence-electron chi connectivity index (χ1n) is 8.01. The third-order valence-corrected chi connectivity index (χ3v) is 4.52. The number of hydrazone groups is 1. The van der Waals surface area contributed by atoms with Crippen molar-refractivity contribution >= 4 is 34.3 Å². The van der Waals surface area contributed by atoms with Crippen LogP contribution in [0.5, 0.6) is 11.5 Å². The minimum atomic E-state index is 0.571. The first-order valence-corrected chi connectivity index (χ1v) is 9.27. The molecular weight excluding hydrogens is 370 g/mol. The number of aromatic nitrogens is 1. The molecule has 0 amide bonds. The molecule has 0 aliphatic rings. The second kappa shape index (κ2) is 8.69. The Hall–Kier alpha value is -2.57. The van der Waals surface area contributed by atoms with Crippen molar-refractivity contribution in [3.05, 3.63) is 58.4 Å². The number of thiazole rings is 1. The smallest absolute Gasteiger partial charge is 0.203 e. The van der Waals surface area contributed by atoms with Crippen LogP contribution < -0.4 is 14.9 Å². The number of anilines is 1. The highest BCUT2D eigenvalue weighted by Gasteiger charge is 2.08. The predicted molar refractivity (Wildman–Crippen MR) is 108 cm³/mol. The lowest BCUT2D eigenvalue weighted by Crippen LogP contribution is -1.99. The number of ether oxygens (including phenoxy) is 2. The number of para-hydroxylation sites is 1. The van der Waals surface area contributed by atoms with Gasteiger partial charge in [0.15, 0.2) is 11.5 Å². The molecule has 0 radical (unpaired) electrons. The summed E-state index contributed by atoms with van der Waals surface area (Å²) in [4.78, 5) is 4.53. The van der Waals surface area contributed by atoms with Gasteiger partial charge in [0.2, 0.25) is 5.13 Å². The van der Waals surface area contributed by atoms with Crippen LogP contribution in [0.15, 0.2) is 52.9 Å². The maximum Gasteiger partial charge on any atom is 0.203 e. The summed E-state index contributed by atoms with van der Waals surface area (Å²) in [5.74, 6) is 1.35. The average Bonchev–Trinajstić information content (AvgIpc) is 3.12. The van der Waals surface area contributed by atoms with Gasteiger partial charge in [0, 0.05) is 21.5 Å². The zero-order valence-electron chi connectivity index (χ0n) is 14.4. The van der Waals surface area contributed by atoms with Crippen LogP contribution in [0.1, 0.15) is 12.5 Å². The Labute approximate surface area is 161 Å². The van der Waals surface area contributed by atoms with E-state index in [1.807, 2.05) is 54.8 Å². The van der Waals surface area contributed by atoms with E-state index in [9.17, 15) is 0 Å². The van der Waals surface area contributed by atoms with Crippen LogP contribution in [-0.4, -0.2) is 24.9 Å². The molecular formula is C19H18ClN3O2S. The number of halogens is 1. The molecule has 1 heterocycles. The molecule has 1 N–H and O–H groups in total. The zero-order valence-corrected chi connectivity index (χ0v) is 16.0. The van der Waals surface area contributed by atoms with Gasteiger partial charge in [-0.05, 0) is 31.2 Å². The van der Waals surface area contributed by atoms with Crippen molar-refractivity contribution in [3.8, 4) is 22.8 Å². The van der Waals surface area contributed by atoms with Gasteiger partial charge in [-0.25, -0.2) is 4.98 Å². The lowest BCUT2D eigenvalue weighted by molar-refractivity contribution is 0.311. The van der Waals surface area contributed by atoms with Gasteiger partial charge in [0.25, 0.3) is 0 Å². The van der Waals surface area contributed by atoms with E-state index in [-0.39, 0.29) is 0 Å². The minimum absolute atomic E-state index is 0.571. The number of methoxy groups -OCH3 is 1. The molecule has 7 heteroatoms. The van der Waals surface area contributed by atoms with Crippen molar-refractivity contribution in [1.29, 1.82) is 0 Å². The van der Waals surface area contributed by atoms with Crippen molar-refractivity contribution in [2.24, 2.45) is 5.10 Å². The predicted octanol–water partition coefficient (Wildman–Crippen LogP) is 5.32. The average molecular weight is 388 g/mol. The molecule has 0 saturated heterocycles. The van der Waals surface area contributed by atoms with Crippen LogP contribution in [-0.2, 0) is 0 Å². The van der Waals surface area contributed by atoms with Crippen LogP contribution in [0, 0.1) is 0 Å². The number of benzene rings is 2. The molecule has 5 nitrogen and oxygen atoms in total. The summed E-state index contributed by atoms with van der Waals surface area (Å²) in [5.41, 5.74) is 5.66. The third-order valence-electron chi connectivity index (χ3n) is 3.52. The second-order valence-corrected chi connectivity index (χ2v) is 6.52. The van der Waals surface area contributed by atoms with Crippen molar-refractivity contribution in [2.45, 2.75) is 6.92 Å². The van der Waals surface area contributed by atoms with Crippen LogP contribution in [0.3, 0.4) is 0 Å². The number of nitrogens with one attached hydrogen (secondary N) is 1. The Balaban J connectivity index is 1.71. The van der Waals surface area contributed by atoms with E-state index in [0.29, 0.717) is 28.3 Å². The molecule has 3 aromatic rings. The molecule has 134 valence electrons. The van der Waals surface area contributed by atoms with E-state index in [4.69, 9.17) is 21.1 Å². The van der Waals surface area contributed by atoms with E-state index < -0.39 is 0 Å². The standard InChI is InChI=1S/C19H18ClN3O2S/c1-3-25-17-6-4-5-14(18(17)24-2)11-21-23-19-22-16(12-26-19)13-7-9-15(20)10-8-13/h4-12H,3H2,1-2H3,(H,22,23)/b21-11-. The van der Waals surface area contributed by atoms with E-state index in [2.05, 4.69) is 15.5 Å². The number of rotatable bonds is 7. The van der Waals surface area contributed by atoms with Crippen molar-refractivity contribution < 1.29 is 9.47 Å². The number of hydrogen-bond donors (Lipinski definition) is 1. The molecule has 3 rings (SSSR count). The SMILES string of the molecule is CCOc1cccc(/C=N\Nc2nc(-c3ccc(Cl)cc3)cs2)c1OC. The first-order chi connectivity index (χ1) is 12.7. The molecule has 0 atom stereocenters. The van der Waals surface area contributed by atoms with Crippen LogP contribution in [0.25, 0.3) is 11.3 Å². The minimum Gasteiger partial charge on any atom is -0.492 e. The maximum absolute atomic E-state index is 5.92. The molecule has 0 unspecified atom stereocenters. The van der Waals surface area contributed by atoms with Gasteiger partial charge in [-0.1, -0.05) is 29.8 Å². The quantitative estimate of drug-likeness (QED) is 0.440. The van der Waals surface area contributed by atoms with Crippen LogP contribution in [0.4, 0.5) is 5.13 Å². The Morgan fingerprint density at radius 1 is 1.23 bits per heavy atom. The Morgan fingerprint density at radius 3 is 2.77 bits per heavy atom. The highest BCUT2D eigenvalue weighted by molar-refractivity contribution is 7.14. The van der Waals surface area contributed by atoms with Crippen molar-refractivity contribution in [1.82, 2.24) is 4.98 Å². The molecule has 0 aliphatic heterocycles. The molecule has 2 aromatic carbocycles. The summed E-state index contributed by atoms with van der Waals surface area (Å²) in [6.07, 6.45) is 1.69. The highest BCUT2D eigenvalue weighted by Crippen LogP contribution is 2.30. The summed E-state index contributed by atoms with van der Waals surface area (Å²) >= 11 is 7.40. The summed E-state index contributed by atoms with van der Waals surface area (Å²) in [5, 5.41) is 7.63.